The number of esters is 1. The monoisotopic (exact) mass is 565 g/mol. The number of alkyl halides is 9. The van der Waals surface area contributed by atoms with Crippen molar-refractivity contribution in [1.29, 1.82) is 0 Å². The van der Waals surface area contributed by atoms with Gasteiger partial charge in [0.25, 0.3) is 5.56 Å². The second kappa shape index (κ2) is 9.91. The summed E-state index contributed by atoms with van der Waals surface area (Å²) in [7, 11) is 0. The van der Waals surface area contributed by atoms with Crippen molar-refractivity contribution in [3.8, 4) is 0 Å². The maximum absolute atomic E-state index is 13.8. The Morgan fingerprint density at radius 3 is 2.05 bits per heavy atom. The summed E-state index contributed by atoms with van der Waals surface area (Å²) in [5.74, 6) is -2.31. The Morgan fingerprint density at radius 2 is 1.62 bits per heavy atom. The lowest BCUT2D eigenvalue weighted by molar-refractivity contribution is -0.159. The zero-order valence-corrected chi connectivity index (χ0v) is 19.7. The number of hydrogen-bond acceptors (Lipinski definition) is 5. The van der Waals surface area contributed by atoms with Gasteiger partial charge < -0.3 is 10.1 Å². The van der Waals surface area contributed by atoms with Gasteiger partial charge in [0.1, 0.15) is 5.02 Å². The van der Waals surface area contributed by atoms with E-state index in [0.717, 1.165) is 0 Å². The van der Waals surface area contributed by atoms with E-state index in [1.54, 1.807) is 0 Å². The molecule has 0 saturated carbocycles. The molecule has 1 aromatic carbocycles. The van der Waals surface area contributed by atoms with Crippen LogP contribution in [0.3, 0.4) is 0 Å². The quantitative estimate of drug-likeness (QED) is 0.247. The van der Waals surface area contributed by atoms with Crippen LogP contribution >= 0.6 is 11.6 Å². The zero-order chi connectivity index (χ0) is 28.7. The zero-order valence-electron chi connectivity index (χ0n) is 19.0. The van der Waals surface area contributed by atoms with Crippen LogP contribution < -0.4 is 10.9 Å². The molecule has 0 saturated heterocycles. The lowest BCUT2D eigenvalue weighted by atomic mass is 9.97. The normalized spacial score (nSPS) is 13.8. The number of hydrogen-bond donors (Lipinski definition) is 1. The molecule has 0 fully saturated rings. The number of nitrogens with one attached hydrogen (secondary N) is 1. The molecule has 2 aromatic rings. The Balaban J connectivity index is 2.85. The van der Waals surface area contributed by atoms with E-state index in [4.69, 9.17) is 16.3 Å². The standard InChI is InChI=1S/C21H17ClF9N3O3/c1-5-34-15(35)12(22)13(21(29,30)31)32-17(34)33-14(37-16(36)18(2,3)4)10-7-6-9(19(23,24)25)8-11(10)20(26,27)28/h5-8,14H,1H2,2-4H3,(H,32,33). The molecule has 0 bridgehead atoms. The third-order valence-electron chi connectivity index (χ3n) is 4.58. The van der Waals surface area contributed by atoms with Crippen LogP contribution in [0.4, 0.5) is 45.5 Å². The van der Waals surface area contributed by atoms with Gasteiger partial charge in [-0.1, -0.05) is 24.2 Å². The fraction of sp³-hybridized carbons (Fsp3) is 0.381. The van der Waals surface area contributed by atoms with Crippen molar-refractivity contribution in [2.24, 2.45) is 5.41 Å². The van der Waals surface area contributed by atoms with Gasteiger partial charge in [-0.05, 0) is 32.9 Å². The summed E-state index contributed by atoms with van der Waals surface area (Å²) in [6.45, 7) is 7.04. The highest BCUT2D eigenvalue weighted by atomic mass is 35.5. The summed E-state index contributed by atoms with van der Waals surface area (Å²) in [4.78, 5) is 28.0. The number of carbonyl (C=O) groups excluding carboxylic acids is 1. The summed E-state index contributed by atoms with van der Waals surface area (Å²) in [6.07, 6.45) is -17.7. The average Bonchev–Trinajstić information content (AvgIpc) is 2.72. The first-order valence-corrected chi connectivity index (χ1v) is 10.2. The van der Waals surface area contributed by atoms with E-state index in [1.807, 2.05) is 5.32 Å². The summed E-state index contributed by atoms with van der Waals surface area (Å²) in [6, 6.07) is 0.323. The van der Waals surface area contributed by atoms with Crippen LogP contribution in [0, 0.1) is 5.41 Å². The number of aromatic nitrogens is 2. The smallest absolute Gasteiger partial charge is 0.435 e. The molecule has 1 N–H and O–H groups in total. The van der Waals surface area contributed by atoms with Gasteiger partial charge in [0.2, 0.25) is 12.2 Å². The Hall–Kier alpha value is -3.23. The fourth-order valence-electron chi connectivity index (χ4n) is 2.75. The molecule has 0 aliphatic heterocycles. The number of benzene rings is 1. The molecule has 1 atom stereocenters. The van der Waals surface area contributed by atoms with Gasteiger partial charge in [0.05, 0.1) is 16.5 Å². The van der Waals surface area contributed by atoms with E-state index >= 15 is 0 Å². The molecule has 0 spiro atoms. The largest absolute Gasteiger partial charge is 0.437 e. The maximum atomic E-state index is 13.8. The lowest BCUT2D eigenvalue weighted by Gasteiger charge is -2.28. The first kappa shape index (κ1) is 30.0. The molecule has 0 aliphatic carbocycles. The van der Waals surface area contributed by atoms with E-state index < -0.39 is 75.1 Å². The van der Waals surface area contributed by atoms with Gasteiger partial charge in [-0.15, -0.1) is 0 Å². The van der Waals surface area contributed by atoms with Crippen molar-refractivity contribution in [3.63, 3.8) is 0 Å². The lowest BCUT2D eigenvalue weighted by Crippen LogP contribution is -2.32. The first-order valence-electron chi connectivity index (χ1n) is 9.86. The van der Waals surface area contributed by atoms with Crippen molar-refractivity contribution >= 4 is 29.7 Å². The van der Waals surface area contributed by atoms with Gasteiger partial charge >= 0.3 is 24.5 Å². The van der Waals surface area contributed by atoms with E-state index in [-0.39, 0.29) is 16.7 Å². The third kappa shape index (κ3) is 6.76. The molecule has 0 radical (unpaired) electrons. The van der Waals surface area contributed by atoms with Crippen LogP contribution in [0.5, 0.6) is 0 Å². The summed E-state index contributed by atoms with van der Waals surface area (Å²) < 4.78 is 126. The number of carbonyl (C=O) groups is 1. The SMILES string of the molecule is C=Cn1c(NC(OC(=O)C(C)(C)C)c2ccc(C(F)(F)F)cc2C(F)(F)F)nc(C(F)(F)F)c(Cl)c1=O. The molecule has 0 amide bonds. The summed E-state index contributed by atoms with van der Waals surface area (Å²) >= 11 is 5.44. The third-order valence-corrected chi connectivity index (χ3v) is 4.92. The molecule has 1 unspecified atom stereocenters. The topological polar surface area (TPSA) is 73.2 Å². The van der Waals surface area contributed by atoms with Crippen molar-refractivity contribution in [3.05, 3.63) is 62.5 Å². The van der Waals surface area contributed by atoms with Gasteiger partial charge in [-0.3, -0.25) is 14.2 Å². The van der Waals surface area contributed by atoms with Crippen LogP contribution in [-0.2, 0) is 28.1 Å². The van der Waals surface area contributed by atoms with Gasteiger partial charge in [0.15, 0.2) is 5.69 Å². The molecule has 6 nitrogen and oxygen atoms in total. The molecule has 16 heteroatoms. The highest BCUT2D eigenvalue weighted by Crippen LogP contribution is 2.41. The van der Waals surface area contributed by atoms with Gasteiger partial charge in [0, 0.05) is 11.8 Å². The minimum atomic E-state index is -5.44. The van der Waals surface area contributed by atoms with E-state index in [2.05, 4.69) is 11.6 Å². The Kier molecular flexibility index (Phi) is 8.03. The van der Waals surface area contributed by atoms with Crippen LogP contribution in [0.25, 0.3) is 6.20 Å². The minimum Gasteiger partial charge on any atom is -0.437 e. The van der Waals surface area contributed by atoms with Crippen molar-refractivity contribution in [2.45, 2.75) is 45.5 Å². The number of rotatable bonds is 5. The molecule has 2 rings (SSSR count). The van der Waals surface area contributed by atoms with E-state index in [9.17, 15) is 49.1 Å². The van der Waals surface area contributed by atoms with Crippen molar-refractivity contribution in [1.82, 2.24) is 9.55 Å². The highest BCUT2D eigenvalue weighted by molar-refractivity contribution is 6.31. The molecule has 37 heavy (non-hydrogen) atoms. The predicted molar refractivity (Wildman–Crippen MR) is 113 cm³/mol. The minimum absolute atomic E-state index is 0.251. The van der Waals surface area contributed by atoms with Gasteiger partial charge in [-0.2, -0.15) is 39.5 Å². The first-order chi connectivity index (χ1) is 16.6. The second-order valence-corrected chi connectivity index (χ2v) is 8.81. The number of halogens is 10. The molecule has 1 aromatic heterocycles. The van der Waals surface area contributed by atoms with E-state index in [1.165, 1.54) is 20.8 Å². The average molecular weight is 566 g/mol. The van der Waals surface area contributed by atoms with Crippen LogP contribution in [-0.4, -0.2) is 15.5 Å². The molecular formula is C21H17ClF9N3O3. The predicted octanol–water partition coefficient (Wildman–Crippen LogP) is 6.75. The fourth-order valence-corrected chi connectivity index (χ4v) is 2.99. The number of anilines is 1. The maximum Gasteiger partial charge on any atom is 0.435 e. The molecule has 0 aliphatic rings. The summed E-state index contributed by atoms with van der Waals surface area (Å²) in [5, 5.41) is 0.570. The van der Waals surface area contributed by atoms with Gasteiger partial charge in [-0.25, -0.2) is 4.98 Å². The molecule has 204 valence electrons. The van der Waals surface area contributed by atoms with Crippen molar-refractivity contribution < 1.29 is 49.0 Å². The highest BCUT2D eigenvalue weighted by Gasteiger charge is 2.42. The van der Waals surface area contributed by atoms with Crippen LogP contribution in [0.15, 0.2) is 29.6 Å². The second-order valence-electron chi connectivity index (χ2n) is 8.43. The Bertz CT molecular complexity index is 1260. The summed E-state index contributed by atoms with van der Waals surface area (Å²) in [5.41, 5.74) is -9.58. The number of nitrogens with zero attached hydrogens (tertiary/aromatic N) is 2. The van der Waals surface area contributed by atoms with Crippen LogP contribution in [0.1, 0.15) is 49.4 Å². The number of ether oxygens (including phenoxy) is 1. The van der Waals surface area contributed by atoms with E-state index in [0.29, 0.717) is 12.3 Å². The Morgan fingerprint density at radius 1 is 1.05 bits per heavy atom. The Labute approximate surface area is 207 Å². The molecular weight excluding hydrogens is 549 g/mol. The van der Waals surface area contributed by atoms with Crippen molar-refractivity contribution in [2.75, 3.05) is 5.32 Å². The molecule has 1 heterocycles. The van der Waals surface area contributed by atoms with Crippen LogP contribution in [0.2, 0.25) is 5.02 Å².